The van der Waals surface area contributed by atoms with Crippen LogP contribution in [-0.2, 0) is 0 Å². The van der Waals surface area contributed by atoms with Crippen molar-refractivity contribution in [2.24, 2.45) is 0 Å². The molecule has 0 aliphatic carbocycles. The molecule has 2 rings (SSSR count). The number of halogens is 2. The highest BCUT2D eigenvalue weighted by molar-refractivity contribution is 9.10. The molecule has 0 heterocycles. The standard InChI is InChI=1S/C15H12BrFO2/c1-9-8-10(19-2)6-7-11(9)15(18)12-4-3-5-13(17)14(12)16/h3-8H,1-2H3. The third kappa shape index (κ3) is 2.68. The Morgan fingerprint density at radius 1 is 1.21 bits per heavy atom. The van der Waals surface area contributed by atoms with Gasteiger partial charge in [-0.1, -0.05) is 6.07 Å². The molecule has 0 amide bonds. The molecule has 0 atom stereocenters. The molecule has 0 spiro atoms. The van der Waals surface area contributed by atoms with E-state index in [0.717, 1.165) is 5.56 Å². The zero-order chi connectivity index (χ0) is 14.0. The second-order valence-corrected chi connectivity index (χ2v) is 4.90. The van der Waals surface area contributed by atoms with E-state index in [1.54, 1.807) is 31.4 Å². The second-order valence-electron chi connectivity index (χ2n) is 4.11. The summed E-state index contributed by atoms with van der Waals surface area (Å²) in [6, 6.07) is 9.61. The predicted molar refractivity (Wildman–Crippen MR) is 75.3 cm³/mol. The summed E-state index contributed by atoms with van der Waals surface area (Å²) >= 11 is 3.11. The summed E-state index contributed by atoms with van der Waals surface area (Å²) < 4.78 is 18.7. The van der Waals surface area contributed by atoms with Crippen molar-refractivity contribution in [3.8, 4) is 5.75 Å². The summed E-state index contributed by atoms with van der Waals surface area (Å²) in [6.45, 7) is 1.82. The highest BCUT2D eigenvalue weighted by atomic mass is 79.9. The van der Waals surface area contributed by atoms with Crippen LogP contribution in [0.2, 0.25) is 0 Å². The van der Waals surface area contributed by atoms with Crippen molar-refractivity contribution < 1.29 is 13.9 Å². The van der Waals surface area contributed by atoms with Gasteiger partial charge in [0.05, 0.1) is 11.6 Å². The fraction of sp³-hybridized carbons (Fsp3) is 0.133. The predicted octanol–water partition coefficient (Wildman–Crippen LogP) is 4.14. The first kappa shape index (κ1) is 13.7. The van der Waals surface area contributed by atoms with Crippen LogP contribution < -0.4 is 4.74 Å². The van der Waals surface area contributed by atoms with Crippen LogP contribution in [0.15, 0.2) is 40.9 Å². The number of hydrogen-bond acceptors (Lipinski definition) is 2. The van der Waals surface area contributed by atoms with Crippen molar-refractivity contribution in [3.63, 3.8) is 0 Å². The lowest BCUT2D eigenvalue weighted by Gasteiger charge is -2.09. The van der Waals surface area contributed by atoms with Crippen molar-refractivity contribution in [1.29, 1.82) is 0 Å². The first-order valence-electron chi connectivity index (χ1n) is 5.68. The maximum atomic E-state index is 13.5. The van der Waals surface area contributed by atoms with Crippen LogP contribution in [0.5, 0.6) is 5.75 Å². The minimum atomic E-state index is -0.447. The first-order valence-corrected chi connectivity index (χ1v) is 6.47. The SMILES string of the molecule is COc1ccc(C(=O)c2cccc(F)c2Br)c(C)c1. The Morgan fingerprint density at radius 3 is 2.58 bits per heavy atom. The Morgan fingerprint density at radius 2 is 1.95 bits per heavy atom. The van der Waals surface area contributed by atoms with Crippen molar-refractivity contribution in [1.82, 2.24) is 0 Å². The lowest BCUT2D eigenvalue weighted by molar-refractivity contribution is 0.103. The molecule has 2 nitrogen and oxygen atoms in total. The van der Waals surface area contributed by atoms with Crippen LogP contribution in [0.1, 0.15) is 21.5 Å². The minimum absolute atomic E-state index is 0.190. The smallest absolute Gasteiger partial charge is 0.194 e. The normalized spacial score (nSPS) is 10.3. The molecule has 0 aromatic heterocycles. The molecule has 98 valence electrons. The number of ketones is 1. The van der Waals surface area contributed by atoms with Crippen molar-refractivity contribution in [2.45, 2.75) is 6.92 Å². The summed E-state index contributed by atoms with van der Waals surface area (Å²) in [5, 5.41) is 0. The number of carbonyl (C=O) groups is 1. The van der Waals surface area contributed by atoms with Gasteiger partial charge in [-0.3, -0.25) is 4.79 Å². The van der Waals surface area contributed by atoms with Gasteiger partial charge in [0.15, 0.2) is 5.78 Å². The molecule has 0 radical (unpaired) electrons. The van der Waals surface area contributed by atoms with Gasteiger partial charge in [0, 0.05) is 11.1 Å². The summed E-state index contributed by atoms with van der Waals surface area (Å²) in [5.74, 6) is 0.0240. The monoisotopic (exact) mass is 322 g/mol. The lowest BCUT2D eigenvalue weighted by atomic mass is 9.99. The van der Waals surface area contributed by atoms with Gasteiger partial charge in [0.25, 0.3) is 0 Å². The fourth-order valence-corrected chi connectivity index (χ4v) is 2.29. The van der Waals surface area contributed by atoms with Gasteiger partial charge >= 0.3 is 0 Å². The van der Waals surface area contributed by atoms with Crippen LogP contribution >= 0.6 is 15.9 Å². The van der Waals surface area contributed by atoms with E-state index in [9.17, 15) is 9.18 Å². The topological polar surface area (TPSA) is 26.3 Å². The van der Waals surface area contributed by atoms with E-state index in [4.69, 9.17) is 4.74 Å². The number of aryl methyl sites for hydroxylation is 1. The van der Waals surface area contributed by atoms with E-state index >= 15 is 0 Å². The molecule has 0 aliphatic rings. The van der Waals surface area contributed by atoms with E-state index in [2.05, 4.69) is 15.9 Å². The van der Waals surface area contributed by atoms with Gasteiger partial charge < -0.3 is 4.74 Å². The molecule has 0 aliphatic heterocycles. The number of rotatable bonds is 3. The van der Waals surface area contributed by atoms with E-state index < -0.39 is 5.82 Å². The molecule has 2 aromatic carbocycles. The Bertz CT molecular complexity index is 638. The molecular formula is C15H12BrFO2. The number of ether oxygens (including phenoxy) is 1. The molecule has 0 saturated heterocycles. The highest BCUT2D eigenvalue weighted by Crippen LogP contribution is 2.25. The third-order valence-electron chi connectivity index (χ3n) is 2.87. The maximum Gasteiger partial charge on any atom is 0.194 e. The maximum absolute atomic E-state index is 13.5. The molecule has 0 saturated carbocycles. The third-order valence-corrected chi connectivity index (χ3v) is 3.68. The Kier molecular flexibility index (Phi) is 4.00. The summed E-state index contributed by atoms with van der Waals surface area (Å²) in [6.07, 6.45) is 0. The number of hydrogen-bond donors (Lipinski definition) is 0. The van der Waals surface area contributed by atoms with Crippen molar-refractivity contribution >= 4 is 21.7 Å². The number of methoxy groups -OCH3 is 1. The largest absolute Gasteiger partial charge is 0.497 e. The van der Waals surface area contributed by atoms with Crippen LogP contribution in [0.25, 0.3) is 0 Å². The molecule has 0 bridgehead atoms. The molecule has 2 aromatic rings. The summed E-state index contributed by atoms with van der Waals surface area (Å²) in [7, 11) is 1.57. The Labute approximate surface area is 119 Å². The van der Waals surface area contributed by atoms with Crippen molar-refractivity contribution in [2.75, 3.05) is 7.11 Å². The van der Waals surface area contributed by atoms with Gasteiger partial charge in [-0.2, -0.15) is 0 Å². The first-order chi connectivity index (χ1) is 9.04. The molecular weight excluding hydrogens is 311 g/mol. The van der Waals surface area contributed by atoms with Gasteiger partial charge in [-0.05, 0) is 58.7 Å². The average Bonchev–Trinajstić information content (AvgIpc) is 2.41. The second kappa shape index (κ2) is 5.53. The molecule has 19 heavy (non-hydrogen) atoms. The van der Waals surface area contributed by atoms with Crippen LogP contribution in [0.3, 0.4) is 0 Å². The molecule has 0 N–H and O–H groups in total. The highest BCUT2D eigenvalue weighted by Gasteiger charge is 2.17. The number of carbonyl (C=O) groups excluding carboxylic acids is 1. The summed E-state index contributed by atoms with van der Waals surface area (Å²) in [5.41, 5.74) is 1.64. The molecule has 0 fully saturated rings. The van der Waals surface area contributed by atoms with Crippen molar-refractivity contribution in [3.05, 3.63) is 63.4 Å². The molecule has 0 unspecified atom stereocenters. The van der Waals surface area contributed by atoms with E-state index in [-0.39, 0.29) is 10.3 Å². The van der Waals surface area contributed by atoms with E-state index in [1.165, 1.54) is 12.1 Å². The van der Waals surface area contributed by atoms with Gasteiger partial charge in [-0.25, -0.2) is 4.39 Å². The Balaban J connectivity index is 2.47. The van der Waals surface area contributed by atoms with Gasteiger partial charge in [0.2, 0.25) is 0 Å². The van der Waals surface area contributed by atoms with Crippen LogP contribution in [0.4, 0.5) is 4.39 Å². The van der Waals surface area contributed by atoms with E-state index in [0.29, 0.717) is 16.9 Å². The van der Waals surface area contributed by atoms with Crippen LogP contribution in [0, 0.1) is 12.7 Å². The fourth-order valence-electron chi connectivity index (χ4n) is 1.84. The minimum Gasteiger partial charge on any atom is -0.497 e. The summed E-state index contributed by atoms with van der Waals surface area (Å²) in [4.78, 5) is 12.4. The van der Waals surface area contributed by atoms with Gasteiger partial charge in [-0.15, -0.1) is 0 Å². The lowest BCUT2D eigenvalue weighted by Crippen LogP contribution is -2.05. The molecule has 4 heteroatoms. The Hall–Kier alpha value is -1.68. The zero-order valence-corrected chi connectivity index (χ0v) is 12.1. The quantitative estimate of drug-likeness (QED) is 0.794. The van der Waals surface area contributed by atoms with Gasteiger partial charge in [0.1, 0.15) is 11.6 Å². The zero-order valence-electron chi connectivity index (χ0n) is 10.5. The average molecular weight is 323 g/mol. The van der Waals surface area contributed by atoms with E-state index in [1.807, 2.05) is 6.92 Å². The van der Waals surface area contributed by atoms with Crippen LogP contribution in [-0.4, -0.2) is 12.9 Å². The number of benzene rings is 2.